The van der Waals surface area contributed by atoms with E-state index in [0.29, 0.717) is 5.56 Å². The molecule has 1 N–H and O–H groups in total. The predicted octanol–water partition coefficient (Wildman–Crippen LogP) is 3.11. The highest BCUT2D eigenvalue weighted by Crippen LogP contribution is 2.28. The van der Waals surface area contributed by atoms with Gasteiger partial charge in [0.05, 0.1) is 5.56 Å². The van der Waals surface area contributed by atoms with Gasteiger partial charge in [-0.2, -0.15) is 0 Å². The number of fused-ring (bicyclic) bond motifs is 1. The van der Waals surface area contributed by atoms with Crippen molar-refractivity contribution in [1.29, 1.82) is 0 Å². The number of aryl methyl sites for hydroxylation is 1. The van der Waals surface area contributed by atoms with Crippen molar-refractivity contribution in [3.8, 4) is 0 Å². The summed E-state index contributed by atoms with van der Waals surface area (Å²) in [5.74, 6) is 0.825. The molecule has 0 atom stereocenters. The van der Waals surface area contributed by atoms with E-state index < -0.39 is 0 Å². The Morgan fingerprint density at radius 3 is 2.90 bits per heavy atom. The van der Waals surface area contributed by atoms with E-state index in [9.17, 15) is 4.79 Å². The number of pyridine rings is 1. The van der Waals surface area contributed by atoms with Crippen LogP contribution in [-0.4, -0.2) is 24.0 Å². The number of hydrogen-bond acceptors (Lipinski definition) is 3. The number of benzene rings is 1. The molecular weight excluding hydrogens is 262 g/mol. The third kappa shape index (κ3) is 2.75. The maximum atomic E-state index is 12.7. The molecule has 1 aromatic carbocycles. The number of rotatable bonds is 3. The van der Waals surface area contributed by atoms with E-state index in [4.69, 9.17) is 0 Å². The second-order valence-electron chi connectivity index (χ2n) is 5.15. The molecule has 2 aromatic rings. The van der Waals surface area contributed by atoms with E-state index in [-0.39, 0.29) is 5.91 Å². The summed E-state index contributed by atoms with van der Waals surface area (Å²) >= 11 is 0. The molecule has 0 radical (unpaired) electrons. The van der Waals surface area contributed by atoms with Gasteiger partial charge in [-0.15, -0.1) is 0 Å². The molecule has 1 amide bonds. The maximum Gasteiger partial charge on any atom is 0.259 e. The zero-order valence-electron chi connectivity index (χ0n) is 12.2. The van der Waals surface area contributed by atoms with Crippen LogP contribution in [0.25, 0.3) is 0 Å². The van der Waals surface area contributed by atoms with Gasteiger partial charge < -0.3 is 10.2 Å². The molecule has 108 valence electrons. The molecule has 0 saturated heterocycles. The fraction of sp³-hybridized carbons (Fsp3) is 0.294. The standard InChI is InChI=1S/C17H19N3O/c1-2-18-16-10-9-14(12-19-16)17(21)20-11-5-7-13-6-3-4-8-15(13)20/h3-4,6,8-10,12H,2,5,7,11H2,1H3,(H,18,19). The summed E-state index contributed by atoms with van der Waals surface area (Å²) in [6.45, 7) is 3.61. The predicted molar refractivity (Wildman–Crippen MR) is 84.8 cm³/mol. The molecule has 3 rings (SSSR count). The summed E-state index contributed by atoms with van der Waals surface area (Å²) in [5, 5.41) is 3.13. The molecular formula is C17H19N3O. The van der Waals surface area contributed by atoms with Crippen molar-refractivity contribution in [2.45, 2.75) is 19.8 Å². The minimum absolute atomic E-state index is 0.0256. The van der Waals surface area contributed by atoms with E-state index in [1.807, 2.05) is 42.2 Å². The van der Waals surface area contributed by atoms with Crippen LogP contribution < -0.4 is 10.2 Å². The Kier molecular flexibility index (Phi) is 3.86. The average Bonchev–Trinajstić information content (AvgIpc) is 2.55. The number of anilines is 2. The number of para-hydroxylation sites is 1. The van der Waals surface area contributed by atoms with Gasteiger partial charge in [-0.05, 0) is 43.5 Å². The third-order valence-corrected chi connectivity index (χ3v) is 3.72. The van der Waals surface area contributed by atoms with E-state index in [0.717, 1.165) is 37.4 Å². The second-order valence-corrected chi connectivity index (χ2v) is 5.15. The smallest absolute Gasteiger partial charge is 0.259 e. The summed E-state index contributed by atoms with van der Waals surface area (Å²) in [5.41, 5.74) is 2.91. The molecule has 2 heterocycles. The molecule has 1 aliphatic rings. The SMILES string of the molecule is CCNc1ccc(C(=O)N2CCCc3ccccc32)cn1. The Morgan fingerprint density at radius 1 is 1.29 bits per heavy atom. The molecule has 1 aromatic heterocycles. The van der Waals surface area contributed by atoms with Crippen LogP contribution in [0.15, 0.2) is 42.6 Å². The van der Waals surface area contributed by atoms with Crippen molar-refractivity contribution in [1.82, 2.24) is 4.98 Å². The molecule has 0 spiro atoms. The van der Waals surface area contributed by atoms with Crippen molar-refractivity contribution >= 4 is 17.4 Å². The first kappa shape index (κ1) is 13.6. The highest BCUT2D eigenvalue weighted by Gasteiger charge is 2.23. The van der Waals surface area contributed by atoms with E-state index in [1.54, 1.807) is 6.20 Å². The van der Waals surface area contributed by atoms with Crippen LogP contribution in [0.1, 0.15) is 29.3 Å². The molecule has 0 saturated carbocycles. The third-order valence-electron chi connectivity index (χ3n) is 3.72. The van der Waals surface area contributed by atoms with E-state index in [2.05, 4.69) is 16.4 Å². The average molecular weight is 281 g/mol. The molecule has 21 heavy (non-hydrogen) atoms. The van der Waals surface area contributed by atoms with Crippen LogP contribution in [0.2, 0.25) is 0 Å². The fourth-order valence-corrected chi connectivity index (χ4v) is 2.71. The van der Waals surface area contributed by atoms with Crippen LogP contribution in [0, 0.1) is 0 Å². The molecule has 0 fully saturated rings. The first-order valence-corrected chi connectivity index (χ1v) is 7.39. The maximum absolute atomic E-state index is 12.7. The Hall–Kier alpha value is -2.36. The number of hydrogen-bond donors (Lipinski definition) is 1. The summed E-state index contributed by atoms with van der Waals surface area (Å²) in [4.78, 5) is 18.8. The van der Waals surface area contributed by atoms with Gasteiger partial charge in [0.25, 0.3) is 5.91 Å². The van der Waals surface area contributed by atoms with Gasteiger partial charge >= 0.3 is 0 Å². The number of nitrogens with zero attached hydrogens (tertiary/aromatic N) is 2. The van der Waals surface area contributed by atoms with Gasteiger partial charge in [-0.3, -0.25) is 4.79 Å². The summed E-state index contributed by atoms with van der Waals surface area (Å²) in [6.07, 6.45) is 3.70. The highest BCUT2D eigenvalue weighted by atomic mass is 16.2. The van der Waals surface area contributed by atoms with Gasteiger partial charge in [-0.25, -0.2) is 4.98 Å². The zero-order chi connectivity index (χ0) is 14.7. The monoisotopic (exact) mass is 281 g/mol. The van der Waals surface area contributed by atoms with Gasteiger partial charge in [0.15, 0.2) is 0 Å². The normalized spacial score (nSPS) is 13.7. The van der Waals surface area contributed by atoms with Crippen LogP contribution >= 0.6 is 0 Å². The molecule has 0 bridgehead atoms. The lowest BCUT2D eigenvalue weighted by Gasteiger charge is -2.29. The molecule has 4 nitrogen and oxygen atoms in total. The Morgan fingerprint density at radius 2 is 2.14 bits per heavy atom. The minimum Gasteiger partial charge on any atom is -0.370 e. The van der Waals surface area contributed by atoms with Crippen LogP contribution in [0.3, 0.4) is 0 Å². The quantitative estimate of drug-likeness (QED) is 0.940. The van der Waals surface area contributed by atoms with Crippen molar-refractivity contribution in [2.24, 2.45) is 0 Å². The van der Waals surface area contributed by atoms with Crippen LogP contribution in [0.4, 0.5) is 11.5 Å². The van der Waals surface area contributed by atoms with Crippen LogP contribution in [-0.2, 0) is 6.42 Å². The minimum atomic E-state index is 0.0256. The Balaban J connectivity index is 1.86. The van der Waals surface area contributed by atoms with E-state index >= 15 is 0 Å². The number of carbonyl (C=O) groups is 1. The summed E-state index contributed by atoms with van der Waals surface area (Å²) in [6, 6.07) is 11.8. The first-order valence-electron chi connectivity index (χ1n) is 7.39. The highest BCUT2D eigenvalue weighted by molar-refractivity contribution is 6.06. The Labute approximate surface area is 124 Å². The van der Waals surface area contributed by atoms with Gasteiger partial charge in [0, 0.05) is 25.0 Å². The lowest BCUT2D eigenvalue weighted by molar-refractivity contribution is 0.0985. The Bertz CT molecular complexity index is 637. The molecule has 0 aliphatic carbocycles. The van der Waals surface area contributed by atoms with Gasteiger partial charge in [0.1, 0.15) is 5.82 Å². The lowest BCUT2D eigenvalue weighted by atomic mass is 10.0. The number of aromatic nitrogens is 1. The first-order chi connectivity index (χ1) is 10.3. The topological polar surface area (TPSA) is 45.2 Å². The molecule has 4 heteroatoms. The van der Waals surface area contributed by atoms with Crippen molar-refractivity contribution in [3.63, 3.8) is 0 Å². The van der Waals surface area contributed by atoms with E-state index in [1.165, 1.54) is 5.56 Å². The number of carbonyl (C=O) groups excluding carboxylic acids is 1. The fourth-order valence-electron chi connectivity index (χ4n) is 2.71. The second kappa shape index (κ2) is 5.95. The molecule has 1 aliphatic heterocycles. The number of amides is 1. The van der Waals surface area contributed by atoms with Gasteiger partial charge in [-0.1, -0.05) is 18.2 Å². The van der Waals surface area contributed by atoms with Crippen molar-refractivity contribution < 1.29 is 4.79 Å². The van der Waals surface area contributed by atoms with Crippen molar-refractivity contribution in [3.05, 3.63) is 53.7 Å². The number of nitrogens with one attached hydrogen (secondary N) is 1. The lowest BCUT2D eigenvalue weighted by Crippen LogP contribution is -2.35. The zero-order valence-corrected chi connectivity index (χ0v) is 12.2. The largest absolute Gasteiger partial charge is 0.370 e. The van der Waals surface area contributed by atoms with Gasteiger partial charge in [0.2, 0.25) is 0 Å². The molecule has 0 unspecified atom stereocenters. The van der Waals surface area contributed by atoms with Crippen molar-refractivity contribution in [2.75, 3.05) is 23.3 Å². The summed E-state index contributed by atoms with van der Waals surface area (Å²) < 4.78 is 0. The van der Waals surface area contributed by atoms with Crippen LogP contribution in [0.5, 0.6) is 0 Å². The summed E-state index contributed by atoms with van der Waals surface area (Å²) in [7, 11) is 0.